The molecule has 0 aliphatic carbocycles. The Bertz CT molecular complexity index is 2530. The highest BCUT2D eigenvalue weighted by atomic mass is 16.5. The molecule has 0 radical (unpaired) electrons. The van der Waals surface area contributed by atoms with E-state index in [2.05, 4.69) is 52.5 Å². The van der Waals surface area contributed by atoms with Gasteiger partial charge in [0.05, 0.1) is 48.7 Å². The highest BCUT2D eigenvalue weighted by Crippen LogP contribution is 2.44. The number of aromatic amines is 2. The van der Waals surface area contributed by atoms with Gasteiger partial charge in [0.25, 0.3) is 0 Å². The van der Waals surface area contributed by atoms with Crippen LogP contribution in [0.4, 0.5) is 9.59 Å². The second-order valence-electron chi connectivity index (χ2n) is 17.8. The minimum Gasteiger partial charge on any atom is -0.488 e. The number of rotatable bonds is 11. The topological polar surface area (TPSA) is 195 Å². The van der Waals surface area contributed by atoms with Gasteiger partial charge >= 0.3 is 12.2 Å². The zero-order chi connectivity index (χ0) is 44.1. The Balaban J connectivity index is 1.06. The lowest BCUT2D eigenvalue weighted by molar-refractivity contribution is -0.138. The van der Waals surface area contributed by atoms with Gasteiger partial charge in [-0.25, -0.2) is 19.6 Å². The molecule has 16 heteroatoms. The maximum absolute atomic E-state index is 14.1. The van der Waals surface area contributed by atoms with Crippen LogP contribution in [0.1, 0.15) is 76.8 Å². The van der Waals surface area contributed by atoms with Crippen molar-refractivity contribution in [2.24, 2.45) is 23.7 Å². The van der Waals surface area contributed by atoms with Crippen molar-refractivity contribution < 1.29 is 38.5 Å². The Morgan fingerprint density at radius 3 is 2.40 bits per heavy atom. The van der Waals surface area contributed by atoms with Crippen molar-refractivity contribution in [3.05, 3.63) is 65.9 Å². The van der Waals surface area contributed by atoms with E-state index in [1.807, 2.05) is 39.8 Å². The van der Waals surface area contributed by atoms with Crippen LogP contribution in [0.5, 0.6) is 5.75 Å². The summed E-state index contributed by atoms with van der Waals surface area (Å²) >= 11 is 0. The van der Waals surface area contributed by atoms with Gasteiger partial charge in [0.2, 0.25) is 11.8 Å². The molecule has 0 saturated carbocycles. The number of hydrogen-bond acceptors (Lipinski definition) is 9. The van der Waals surface area contributed by atoms with Crippen molar-refractivity contribution >= 4 is 45.8 Å². The van der Waals surface area contributed by atoms with Gasteiger partial charge in [0.1, 0.15) is 36.1 Å². The number of carbonyl (C=O) groups excluding carboxylic acids is 3. The van der Waals surface area contributed by atoms with Gasteiger partial charge in [-0.3, -0.25) is 14.5 Å². The van der Waals surface area contributed by atoms with Gasteiger partial charge in [-0.15, -0.1) is 0 Å². The first-order valence-corrected chi connectivity index (χ1v) is 21.3. The summed E-state index contributed by atoms with van der Waals surface area (Å²) in [6.07, 6.45) is 1.38. The van der Waals surface area contributed by atoms with Crippen LogP contribution in [0.3, 0.4) is 0 Å². The van der Waals surface area contributed by atoms with E-state index in [9.17, 15) is 24.3 Å². The third-order valence-corrected chi connectivity index (χ3v) is 12.8. The summed E-state index contributed by atoms with van der Waals surface area (Å²) in [6.45, 7) is 11.5. The van der Waals surface area contributed by atoms with Crippen LogP contribution >= 0.6 is 0 Å². The van der Waals surface area contributed by atoms with Gasteiger partial charge in [0, 0.05) is 44.1 Å². The summed E-state index contributed by atoms with van der Waals surface area (Å²) in [5, 5.41) is 14.3. The number of carboxylic acid groups (broad SMARTS) is 1. The maximum Gasteiger partial charge on any atom is 0.407 e. The lowest BCUT2D eigenvalue weighted by Crippen LogP contribution is -2.51. The fourth-order valence-corrected chi connectivity index (χ4v) is 9.68. The molecule has 62 heavy (non-hydrogen) atoms. The summed E-state index contributed by atoms with van der Waals surface area (Å²) in [4.78, 5) is 73.6. The number of ether oxygens (including phenoxy) is 3. The largest absolute Gasteiger partial charge is 0.488 e. The Hall–Kier alpha value is -6.16. The minimum absolute atomic E-state index is 0.0929. The van der Waals surface area contributed by atoms with Crippen LogP contribution in [0.2, 0.25) is 0 Å². The molecule has 5 heterocycles. The van der Waals surface area contributed by atoms with Crippen molar-refractivity contribution in [3.8, 4) is 28.1 Å². The predicted molar refractivity (Wildman–Crippen MR) is 232 cm³/mol. The average Bonchev–Trinajstić information content (AvgIpc) is 4.07. The molecule has 8 rings (SSSR count). The van der Waals surface area contributed by atoms with E-state index in [1.54, 1.807) is 23.1 Å². The first-order chi connectivity index (χ1) is 29.7. The van der Waals surface area contributed by atoms with E-state index >= 15 is 0 Å². The smallest absolute Gasteiger partial charge is 0.407 e. The molecule has 0 unspecified atom stereocenters. The fraction of sp³-hybridized carbons (Fsp3) is 0.478. The summed E-state index contributed by atoms with van der Waals surface area (Å²) in [5.41, 5.74) is 6.43. The van der Waals surface area contributed by atoms with E-state index in [1.165, 1.54) is 14.2 Å². The molecule has 2 aromatic heterocycles. The Labute approximate surface area is 360 Å². The summed E-state index contributed by atoms with van der Waals surface area (Å²) < 4.78 is 16.8. The van der Waals surface area contributed by atoms with Gasteiger partial charge in [-0.05, 0) is 76.9 Å². The molecular formula is C46H56N8O8. The molecule has 4 N–H and O–H groups in total. The number of nitrogens with one attached hydrogen (secondary N) is 3. The number of imidazole rings is 2. The molecule has 5 aromatic rings. The number of H-pyrrole nitrogens is 2. The fourth-order valence-electron chi connectivity index (χ4n) is 9.68. The lowest BCUT2D eigenvalue weighted by atomic mass is 9.92. The third kappa shape index (κ3) is 7.80. The SMILES string of the molecule is COC[C@H]1C[C@@H](c2nc3c(ccc4cc5c(cc43)OCc3cc(-c4cnc([C@@H]6C[C@H](C)CN6C(=O)[C@H](C(C)C)N(C)C(=O)O)[nH]4)ccc3-5)[nH]2)N(C(=O)[C@@H](NC(=O)OC)C(C)C)C1. The number of carbonyl (C=O) groups is 4. The molecule has 328 valence electrons. The van der Waals surface area contributed by atoms with E-state index in [0.717, 1.165) is 66.8 Å². The van der Waals surface area contributed by atoms with E-state index < -0.39 is 24.3 Å². The molecule has 2 fully saturated rings. The van der Waals surface area contributed by atoms with Crippen molar-refractivity contribution in [1.29, 1.82) is 0 Å². The highest BCUT2D eigenvalue weighted by molar-refractivity contribution is 6.07. The number of amides is 4. The number of hydrogen-bond donors (Lipinski definition) is 4. The van der Waals surface area contributed by atoms with E-state index in [0.29, 0.717) is 44.4 Å². The van der Waals surface area contributed by atoms with Crippen LogP contribution in [-0.2, 0) is 25.7 Å². The molecule has 3 aliphatic rings. The van der Waals surface area contributed by atoms with Crippen LogP contribution in [0, 0.1) is 23.7 Å². The van der Waals surface area contributed by atoms with Crippen molar-refractivity contribution in [2.75, 3.05) is 41.0 Å². The quantitative estimate of drug-likeness (QED) is 0.106. The first kappa shape index (κ1) is 42.5. The number of benzene rings is 3. The van der Waals surface area contributed by atoms with Crippen molar-refractivity contribution in [2.45, 2.75) is 78.2 Å². The maximum atomic E-state index is 14.1. The molecule has 3 aromatic carbocycles. The van der Waals surface area contributed by atoms with Crippen LogP contribution in [-0.4, -0.2) is 117 Å². The second-order valence-corrected chi connectivity index (χ2v) is 17.8. The second kappa shape index (κ2) is 17.0. The Kier molecular flexibility index (Phi) is 11.6. The zero-order valence-electron chi connectivity index (χ0n) is 36.5. The van der Waals surface area contributed by atoms with Gasteiger partial charge in [0.15, 0.2) is 0 Å². The molecular weight excluding hydrogens is 793 g/mol. The third-order valence-electron chi connectivity index (χ3n) is 12.8. The molecule has 4 amide bonds. The van der Waals surface area contributed by atoms with Gasteiger partial charge < -0.3 is 44.4 Å². The number of fused-ring (bicyclic) bond motifs is 6. The molecule has 0 spiro atoms. The van der Waals surface area contributed by atoms with Crippen LogP contribution in [0.25, 0.3) is 44.2 Å². The molecule has 16 nitrogen and oxygen atoms in total. The molecule has 2 saturated heterocycles. The minimum atomic E-state index is -1.13. The summed E-state index contributed by atoms with van der Waals surface area (Å²) in [7, 11) is 4.39. The molecule has 6 atom stereocenters. The number of nitrogens with zero attached hydrogens (tertiary/aromatic N) is 5. The highest BCUT2D eigenvalue weighted by Gasteiger charge is 2.43. The van der Waals surface area contributed by atoms with Crippen molar-refractivity contribution in [1.82, 2.24) is 40.0 Å². The zero-order valence-corrected chi connectivity index (χ0v) is 36.5. The number of alkyl carbamates (subject to hydrolysis) is 1. The summed E-state index contributed by atoms with van der Waals surface area (Å²) in [6, 6.07) is 12.3. The predicted octanol–water partition coefficient (Wildman–Crippen LogP) is 7.13. The van der Waals surface area contributed by atoms with E-state index in [-0.39, 0.29) is 47.6 Å². The number of likely N-dealkylation sites (N-methyl/N-ethyl adjacent to an activating group) is 1. The normalized spacial score (nSPS) is 20.6. The van der Waals surface area contributed by atoms with Crippen LogP contribution < -0.4 is 10.1 Å². The first-order valence-electron chi connectivity index (χ1n) is 21.3. The van der Waals surface area contributed by atoms with Gasteiger partial charge in [-0.1, -0.05) is 52.8 Å². The lowest BCUT2D eigenvalue weighted by Gasteiger charge is -2.33. The average molecular weight is 849 g/mol. The molecule has 3 aliphatic heterocycles. The summed E-state index contributed by atoms with van der Waals surface area (Å²) in [5.74, 6) is 1.65. The monoisotopic (exact) mass is 848 g/mol. The standard InChI is InChI=1S/C46H56N8O8/c1-23(2)38(51-45(57)61-8)43(55)54-20-26(21-60-7)14-36(54)42-48-33-12-10-27-16-32-30-11-9-28(15-29(30)22-62-37(32)17-31(27)39(33)50-42)34-18-47-41(49-34)35-13-25(5)19-53(35)44(56)40(24(3)4)52(6)46(58)59/h9-12,15-18,23-26,35-36,38,40H,13-14,19-22H2,1-8H3,(H,47,49)(H,48,50)(H,51,57)(H,58,59)/t25-,26-,35-,36-,38-,40-/m0/s1. The van der Waals surface area contributed by atoms with Crippen LogP contribution in [0.15, 0.2) is 48.7 Å². The number of likely N-dealkylation sites (tertiary alicyclic amines) is 2. The Morgan fingerprint density at radius 2 is 1.69 bits per heavy atom. The van der Waals surface area contributed by atoms with E-state index in [4.69, 9.17) is 24.2 Å². The molecule has 0 bridgehead atoms. The number of methoxy groups -OCH3 is 2. The number of aromatic nitrogens is 4. The van der Waals surface area contributed by atoms with Crippen molar-refractivity contribution in [3.63, 3.8) is 0 Å². The Morgan fingerprint density at radius 1 is 0.935 bits per heavy atom. The van der Waals surface area contributed by atoms with Gasteiger partial charge in [-0.2, -0.15) is 0 Å².